The second-order valence-electron chi connectivity index (χ2n) is 6.04. The average Bonchev–Trinajstić information content (AvgIpc) is 2.71. The molecule has 3 aromatic rings. The van der Waals surface area contributed by atoms with Crippen molar-refractivity contribution in [1.82, 2.24) is 15.2 Å². The highest BCUT2D eigenvalue weighted by atomic mass is 19.1. The van der Waals surface area contributed by atoms with E-state index in [1.807, 2.05) is 18.2 Å². The van der Waals surface area contributed by atoms with E-state index in [2.05, 4.69) is 36.8 Å². The molecular formula is C19H19FN6O. The molecule has 0 atom stereocenters. The number of nitrogens with one attached hydrogen (secondary N) is 2. The van der Waals surface area contributed by atoms with E-state index in [-0.39, 0.29) is 5.82 Å². The van der Waals surface area contributed by atoms with E-state index in [9.17, 15) is 4.39 Å². The number of anilines is 5. The van der Waals surface area contributed by atoms with Gasteiger partial charge in [-0.25, -0.2) is 4.39 Å². The Morgan fingerprint density at radius 2 is 1.74 bits per heavy atom. The minimum absolute atomic E-state index is 0.288. The lowest BCUT2D eigenvalue weighted by molar-refractivity contribution is 0.123. The van der Waals surface area contributed by atoms with Crippen molar-refractivity contribution in [3.63, 3.8) is 0 Å². The van der Waals surface area contributed by atoms with E-state index < -0.39 is 0 Å². The molecule has 7 nitrogen and oxygen atoms in total. The Hall–Kier alpha value is -3.26. The number of para-hydroxylation sites is 2. The normalized spacial score (nSPS) is 14.0. The molecule has 0 spiro atoms. The zero-order valence-corrected chi connectivity index (χ0v) is 14.6. The van der Waals surface area contributed by atoms with Crippen molar-refractivity contribution in [2.75, 3.05) is 41.8 Å². The quantitative estimate of drug-likeness (QED) is 0.717. The number of rotatable bonds is 5. The summed E-state index contributed by atoms with van der Waals surface area (Å²) in [5.74, 6) is 0.606. The molecule has 0 radical (unpaired) electrons. The van der Waals surface area contributed by atoms with Gasteiger partial charge in [-0.05, 0) is 36.4 Å². The first-order chi connectivity index (χ1) is 13.3. The summed E-state index contributed by atoms with van der Waals surface area (Å²) in [6.07, 6.45) is 1.52. The highest BCUT2D eigenvalue weighted by molar-refractivity contribution is 5.73. The molecule has 8 heteroatoms. The van der Waals surface area contributed by atoms with Gasteiger partial charge in [0.25, 0.3) is 0 Å². The molecule has 4 rings (SSSR count). The predicted octanol–water partition coefficient (Wildman–Crippen LogP) is 3.33. The van der Waals surface area contributed by atoms with Crippen LogP contribution >= 0.6 is 0 Å². The highest BCUT2D eigenvalue weighted by Gasteiger charge is 2.15. The number of aromatic nitrogens is 3. The molecule has 2 N–H and O–H groups in total. The largest absolute Gasteiger partial charge is 0.378 e. The Balaban J connectivity index is 1.52. The van der Waals surface area contributed by atoms with Crippen molar-refractivity contribution >= 4 is 28.8 Å². The van der Waals surface area contributed by atoms with Gasteiger partial charge in [0.05, 0.1) is 30.8 Å². The van der Waals surface area contributed by atoms with Gasteiger partial charge >= 0.3 is 0 Å². The molecule has 1 aliphatic rings. The van der Waals surface area contributed by atoms with E-state index in [1.54, 1.807) is 12.1 Å². The monoisotopic (exact) mass is 366 g/mol. The van der Waals surface area contributed by atoms with Gasteiger partial charge in [-0.15, -0.1) is 5.10 Å². The molecule has 1 aliphatic heterocycles. The first-order valence-corrected chi connectivity index (χ1v) is 8.69. The summed E-state index contributed by atoms with van der Waals surface area (Å²) in [7, 11) is 0. The van der Waals surface area contributed by atoms with E-state index in [4.69, 9.17) is 4.74 Å². The molecule has 1 saturated heterocycles. The third-order valence-corrected chi connectivity index (χ3v) is 4.18. The van der Waals surface area contributed by atoms with Gasteiger partial charge in [0.2, 0.25) is 5.95 Å². The SMILES string of the molecule is Fc1ccc(Nc2cnnc(Nc3ccccc3N3CCOCC3)n2)cc1. The lowest BCUT2D eigenvalue weighted by Crippen LogP contribution is -2.36. The molecule has 1 fully saturated rings. The molecule has 2 aromatic carbocycles. The zero-order chi connectivity index (χ0) is 18.5. The van der Waals surface area contributed by atoms with Crippen LogP contribution in [0.2, 0.25) is 0 Å². The maximum Gasteiger partial charge on any atom is 0.249 e. The van der Waals surface area contributed by atoms with Gasteiger partial charge in [0.15, 0.2) is 5.82 Å². The van der Waals surface area contributed by atoms with Crippen molar-refractivity contribution < 1.29 is 9.13 Å². The van der Waals surface area contributed by atoms with E-state index in [1.165, 1.54) is 18.3 Å². The molecule has 0 bridgehead atoms. The smallest absolute Gasteiger partial charge is 0.249 e. The van der Waals surface area contributed by atoms with Crippen molar-refractivity contribution in [2.24, 2.45) is 0 Å². The fourth-order valence-corrected chi connectivity index (χ4v) is 2.88. The Morgan fingerprint density at radius 3 is 2.56 bits per heavy atom. The van der Waals surface area contributed by atoms with Crippen LogP contribution in [0.5, 0.6) is 0 Å². The lowest BCUT2D eigenvalue weighted by atomic mass is 10.2. The van der Waals surface area contributed by atoms with E-state index in [0.717, 1.165) is 30.2 Å². The second kappa shape index (κ2) is 7.96. The van der Waals surface area contributed by atoms with Gasteiger partial charge in [-0.1, -0.05) is 12.1 Å². The number of ether oxygens (including phenoxy) is 1. The number of nitrogens with zero attached hydrogens (tertiary/aromatic N) is 4. The van der Waals surface area contributed by atoms with Crippen LogP contribution in [0.25, 0.3) is 0 Å². The van der Waals surface area contributed by atoms with Crippen LogP contribution in [-0.4, -0.2) is 41.5 Å². The van der Waals surface area contributed by atoms with E-state index in [0.29, 0.717) is 25.0 Å². The first kappa shape index (κ1) is 17.2. The summed E-state index contributed by atoms with van der Waals surface area (Å²) in [5.41, 5.74) is 2.69. The second-order valence-corrected chi connectivity index (χ2v) is 6.04. The number of benzene rings is 2. The molecule has 1 aromatic heterocycles. The van der Waals surface area contributed by atoms with Crippen LogP contribution in [0.4, 0.5) is 33.2 Å². The predicted molar refractivity (Wildman–Crippen MR) is 102 cm³/mol. The summed E-state index contributed by atoms with van der Waals surface area (Å²) >= 11 is 0. The average molecular weight is 366 g/mol. The molecule has 0 saturated carbocycles. The van der Waals surface area contributed by atoms with Gasteiger partial charge in [-0.3, -0.25) is 0 Å². The standard InChI is InChI=1S/C19H19FN6O/c20-14-5-7-15(8-6-14)22-18-13-21-25-19(24-18)23-16-3-1-2-4-17(16)26-9-11-27-12-10-26/h1-8,13H,9-12H2,(H2,22,23,24,25). The number of hydrogen-bond acceptors (Lipinski definition) is 7. The third kappa shape index (κ3) is 4.29. The van der Waals surface area contributed by atoms with E-state index >= 15 is 0 Å². The minimum atomic E-state index is -0.288. The van der Waals surface area contributed by atoms with Crippen molar-refractivity contribution in [3.05, 3.63) is 60.5 Å². The minimum Gasteiger partial charge on any atom is -0.378 e. The van der Waals surface area contributed by atoms with Crippen LogP contribution < -0.4 is 15.5 Å². The topological polar surface area (TPSA) is 75.2 Å². The Labute approximate surface area is 156 Å². The summed E-state index contributed by atoms with van der Waals surface area (Å²) < 4.78 is 18.5. The Bertz CT molecular complexity index is 899. The maximum absolute atomic E-state index is 13.0. The molecular weight excluding hydrogens is 347 g/mol. The molecule has 138 valence electrons. The van der Waals surface area contributed by atoms with Crippen molar-refractivity contribution in [2.45, 2.75) is 0 Å². The number of hydrogen-bond donors (Lipinski definition) is 2. The maximum atomic E-state index is 13.0. The zero-order valence-electron chi connectivity index (χ0n) is 14.6. The van der Waals surface area contributed by atoms with Crippen molar-refractivity contribution in [1.29, 1.82) is 0 Å². The lowest BCUT2D eigenvalue weighted by Gasteiger charge is -2.30. The summed E-state index contributed by atoms with van der Waals surface area (Å²) in [5, 5.41) is 14.4. The first-order valence-electron chi connectivity index (χ1n) is 8.69. The van der Waals surface area contributed by atoms with Crippen LogP contribution in [0.1, 0.15) is 0 Å². The molecule has 0 aliphatic carbocycles. The molecule has 27 heavy (non-hydrogen) atoms. The van der Waals surface area contributed by atoms with Gasteiger partial charge in [0.1, 0.15) is 5.82 Å². The van der Waals surface area contributed by atoms with Gasteiger partial charge < -0.3 is 20.3 Å². The summed E-state index contributed by atoms with van der Waals surface area (Å²) in [6, 6.07) is 14.0. The Morgan fingerprint density at radius 1 is 0.963 bits per heavy atom. The number of morpholine rings is 1. The Kier molecular flexibility index (Phi) is 5.06. The number of halogens is 1. The summed E-state index contributed by atoms with van der Waals surface area (Å²) in [4.78, 5) is 6.70. The fourth-order valence-electron chi connectivity index (χ4n) is 2.88. The van der Waals surface area contributed by atoms with Gasteiger partial charge in [0, 0.05) is 18.8 Å². The van der Waals surface area contributed by atoms with Crippen molar-refractivity contribution in [3.8, 4) is 0 Å². The van der Waals surface area contributed by atoms with Crippen LogP contribution in [0.3, 0.4) is 0 Å². The van der Waals surface area contributed by atoms with Crippen LogP contribution in [0, 0.1) is 5.82 Å². The summed E-state index contributed by atoms with van der Waals surface area (Å²) in [6.45, 7) is 3.10. The molecule has 0 amide bonds. The van der Waals surface area contributed by atoms with Crippen LogP contribution in [0.15, 0.2) is 54.7 Å². The van der Waals surface area contributed by atoms with Gasteiger partial charge in [-0.2, -0.15) is 10.1 Å². The molecule has 0 unspecified atom stereocenters. The highest BCUT2D eigenvalue weighted by Crippen LogP contribution is 2.28. The van der Waals surface area contributed by atoms with Crippen LogP contribution in [-0.2, 0) is 4.74 Å². The fraction of sp³-hybridized carbons (Fsp3) is 0.211. The third-order valence-electron chi connectivity index (χ3n) is 4.18. The molecule has 2 heterocycles.